The molecule has 0 unspecified atom stereocenters. The van der Waals surface area contributed by atoms with Gasteiger partial charge in [0.25, 0.3) is 0 Å². The van der Waals surface area contributed by atoms with Gasteiger partial charge in [0.15, 0.2) is 5.75 Å². The third-order valence-electron chi connectivity index (χ3n) is 4.65. The van der Waals surface area contributed by atoms with Crippen LogP contribution in [-0.4, -0.2) is 15.8 Å². The van der Waals surface area contributed by atoms with E-state index in [-0.39, 0.29) is 12.3 Å². The van der Waals surface area contributed by atoms with Crippen LogP contribution in [0.5, 0.6) is 5.75 Å². The maximum Gasteiger partial charge on any atom is 0.511 e. The summed E-state index contributed by atoms with van der Waals surface area (Å²) in [6.07, 6.45) is -0.286. The summed E-state index contributed by atoms with van der Waals surface area (Å²) in [5.74, 6) is -0.715. The van der Waals surface area contributed by atoms with Crippen LogP contribution >= 0.6 is 0 Å². The number of benzene rings is 3. The SMILES string of the molecule is O=C(O)Oc1cn(Cc2ccc(-c3ccccc3)cc2F)c2ccccc2c1=O. The number of fused-ring (bicyclic) bond motifs is 1. The summed E-state index contributed by atoms with van der Waals surface area (Å²) >= 11 is 0. The van der Waals surface area contributed by atoms with Crippen molar-refractivity contribution in [3.8, 4) is 16.9 Å². The lowest BCUT2D eigenvalue weighted by atomic mass is 10.0. The van der Waals surface area contributed by atoms with Crippen molar-refractivity contribution in [3.05, 3.63) is 101 Å². The summed E-state index contributed by atoms with van der Waals surface area (Å²) < 4.78 is 21.0. The minimum absolute atomic E-state index is 0.109. The van der Waals surface area contributed by atoms with Crippen LogP contribution in [0.1, 0.15) is 5.56 Å². The largest absolute Gasteiger partial charge is 0.511 e. The first-order valence-corrected chi connectivity index (χ1v) is 8.90. The van der Waals surface area contributed by atoms with Gasteiger partial charge in [-0.1, -0.05) is 54.6 Å². The fourth-order valence-electron chi connectivity index (χ4n) is 3.29. The van der Waals surface area contributed by atoms with Gasteiger partial charge >= 0.3 is 6.16 Å². The zero-order chi connectivity index (χ0) is 20.4. The predicted octanol–water partition coefficient (Wildman–Crippen LogP) is 4.91. The van der Waals surface area contributed by atoms with Crippen LogP contribution in [0, 0.1) is 5.82 Å². The number of para-hydroxylation sites is 1. The number of ether oxygens (including phenoxy) is 1. The molecule has 0 spiro atoms. The Morgan fingerprint density at radius 1 is 0.966 bits per heavy atom. The van der Waals surface area contributed by atoms with Gasteiger partial charge in [0.1, 0.15) is 5.82 Å². The van der Waals surface area contributed by atoms with Crippen LogP contribution in [0.15, 0.2) is 83.8 Å². The van der Waals surface area contributed by atoms with Gasteiger partial charge in [0.05, 0.1) is 18.3 Å². The molecule has 4 rings (SSSR count). The lowest BCUT2D eigenvalue weighted by Crippen LogP contribution is -2.16. The highest BCUT2D eigenvalue weighted by molar-refractivity contribution is 5.81. The fourth-order valence-corrected chi connectivity index (χ4v) is 3.29. The lowest BCUT2D eigenvalue weighted by Gasteiger charge is -2.14. The first-order valence-electron chi connectivity index (χ1n) is 8.90. The molecule has 6 heteroatoms. The monoisotopic (exact) mass is 389 g/mol. The topological polar surface area (TPSA) is 68.5 Å². The van der Waals surface area contributed by atoms with E-state index in [1.165, 1.54) is 12.3 Å². The molecule has 3 aromatic carbocycles. The number of aromatic nitrogens is 1. The fraction of sp³-hybridized carbons (Fsp3) is 0.0435. The number of halogens is 1. The third-order valence-corrected chi connectivity index (χ3v) is 4.65. The van der Waals surface area contributed by atoms with Crippen LogP contribution in [0.3, 0.4) is 0 Å². The molecule has 0 aliphatic heterocycles. The quantitative estimate of drug-likeness (QED) is 0.504. The number of hydrogen-bond acceptors (Lipinski definition) is 3. The first kappa shape index (κ1) is 18.4. The molecule has 0 aliphatic rings. The van der Waals surface area contributed by atoms with Gasteiger partial charge in [0.2, 0.25) is 5.43 Å². The van der Waals surface area contributed by atoms with E-state index in [0.29, 0.717) is 16.5 Å². The molecule has 0 amide bonds. The van der Waals surface area contributed by atoms with Crippen LogP contribution in [0.2, 0.25) is 0 Å². The summed E-state index contributed by atoms with van der Waals surface area (Å²) in [6.45, 7) is 0.109. The Kier molecular flexibility index (Phi) is 4.83. The smallest absolute Gasteiger partial charge is 0.449 e. The first-order chi connectivity index (χ1) is 14.0. The molecular weight excluding hydrogens is 373 g/mol. The molecule has 0 aliphatic carbocycles. The summed E-state index contributed by atoms with van der Waals surface area (Å²) in [7, 11) is 0. The van der Waals surface area contributed by atoms with E-state index in [1.807, 2.05) is 36.4 Å². The molecule has 29 heavy (non-hydrogen) atoms. The Labute approximate surface area is 165 Å². The van der Waals surface area contributed by atoms with Crippen LogP contribution < -0.4 is 10.2 Å². The Balaban J connectivity index is 1.77. The standard InChI is InChI=1S/C23H16FNO4/c24-19-12-16(15-6-2-1-3-7-15)10-11-17(19)13-25-14-21(29-23(27)28)22(26)18-8-4-5-9-20(18)25/h1-12,14H,13H2,(H,27,28). The van der Waals surface area contributed by atoms with Crippen molar-refractivity contribution in [1.82, 2.24) is 4.57 Å². The van der Waals surface area contributed by atoms with Crippen molar-refractivity contribution in [2.75, 3.05) is 0 Å². The van der Waals surface area contributed by atoms with Gasteiger partial charge in [-0.2, -0.15) is 0 Å². The van der Waals surface area contributed by atoms with Crippen LogP contribution in [0.25, 0.3) is 22.0 Å². The minimum Gasteiger partial charge on any atom is -0.449 e. The molecule has 5 nitrogen and oxygen atoms in total. The maximum atomic E-state index is 14.8. The van der Waals surface area contributed by atoms with Crippen molar-refractivity contribution in [2.24, 2.45) is 0 Å². The lowest BCUT2D eigenvalue weighted by molar-refractivity contribution is 0.144. The molecule has 0 atom stereocenters. The Morgan fingerprint density at radius 3 is 2.41 bits per heavy atom. The summed E-state index contributed by atoms with van der Waals surface area (Å²) in [4.78, 5) is 23.4. The van der Waals surface area contributed by atoms with E-state index in [2.05, 4.69) is 4.74 Å². The summed E-state index contributed by atoms with van der Waals surface area (Å²) in [5.41, 5.74) is 2.09. The Bertz CT molecular complexity index is 1270. The Morgan fingerprint density at radius 2 is 1.69 bits per heavy atom. The van der Waals surface area contributed by atoms with Crippen LogP contribution in [0.4, 0.5) is 9.18 Å². The van der Waals surface area contributed by atoms with E-state index in [9.17, 15) is 14.0 Å². The van der Waals surface area contributed by atoms with Gasteiger partial charge < -0.3 is 14.4 Å². The second-order valence-corrected chi connectivity index (χ2v) is 6.51. The molecule has 144 valence electrons. The predicted molar refractivity (Wildman–Crippen MR) is 108 cm³/mol. The number of nitrogens with zero attached hydrogens (tertiary/aromatic N) is 1. The van der Waals surface area contributed by atoms with Crippen molar-refractivity contribution < 1.29 is 19.0 Å². The van der Waals surface area contributed by atoms with Gasteiger partial charge in [-0.25, -0.2) is 9.18 Å². The van der Waals surface area contributed by atoms with Crippen molar-refractivity contribution in [2.45, 2.75) is 6.54 Å². The van der Waals surface area contributed by atoms with E-state index >= 15 is 0 Å². The summed E-state index contributed by atoms with van der Waals surface area (Å²) in [5, 5.41) is 9.20. The number of carboxylic acid groups (broad SMARTS) is 1. The normalized spacial score (nSPS) is 10.8. The van der Waals surface area contributed by atoms with E-state index in [1.54, 1.807) is 34.9 Å². The molecular formula is C23H16FNO4. The molecule has 1 heterocycles. The molecule has 1 N–H and O–H groups in total. The number of carbonyl (C=O) groups is 1. The highest BCUT2D eigenvalue weighted by atomic mass is 19.1. The van der Waals surface area contributed by atoms with Crippen LogP contribution in [-0.2, 0) is 6.54 Å². The minimum atomic E-state index is -1.58. The number of rotatable bonds is 4. The Hall–Kier alpha value is -3.93. The highest BCUT2D eigenvalue weighted by Crippen LogP contribution is 2.24. The molecule has 0 saturated carbocycles. The van der Waals surface area contributed by atoms with Crippen molar-refractivity contribution >= 4 is 17.1 Å². The molecule has 1 aromatic heterocycles. The molecule has 0 saturated heterocycles. The average molecular weight is 389 g/mol. The molecule has 0 bridgehead atoms. The number of pyridine rings is 1. The molecule has 0 fully saturated rings. The summed E-state index contributed by atoms with van der Waals surface area (Å²) in [6, 6.07) is 21.2. The average Bonchev–Trinajstić information content (AvgIpc) is 2.73. The van der Waals surface area contributed by atoms with E-state index < -0.39 is 17.4 Å². The zero-order valence-corrected chi connectivity index (χ0v) is 15.2. The van der Waals surface area contributed by atoms with Gasteiger partial charge in [-0.05, 0) is 29.3 Å². The second kappa shape index (κ2) is 7.59. The van der Waals surface area contributed by atoms with Crippen molar-refractivity contribution in [1.29, 1.82) is 0 Å². The zero-order valence-electron chi connectivity index (χ0n) is 15.2. The van der Waals surface area contributed by atoms with E-state index in [0.717, 1.165) is 11.1 Å². The van der Waals surface area contributed by atoms with Crippen molar-refractivity contribution in [3.63, 3.8) is 0 Å². The molecule has 0 radical (unpaired) electrons. The van der Waals surface area contributed by atoms with E-state index in [4.69, 9.17) is 5.11 Å². The third kappa shape index (κ3) is 3.73. The second-order valence-electron chi connectivity index (χ2n) is 6.51. The van der Waals surface area contributed by atoms with Gasteiger partial charge in [0, 0.05) is 10.9 Å². The number of hydrogen-bond donors (Lipinski definition) is 1. The molecule has 4 aromatic rings. The van der Waals surface area contributed by atoms with Gasteiger partial charge in [-0.15, -0.1) is 0 Å². The maximum absolute atomic E-state index is 14.8. The van der Waals surface area contributed by atoms with Gasteiger partial charge in [-0.3, -0.25) is 4.79 Å². The highest BCUT2D eigenvalue weighted by Gasteiger charge is 2.14.